The van der Waals surface area contributed by atoms with Gasteiger partial charge in [0.15, 0.2) is 4.80 Å². The Balaban J connectivity index is 2.16. The van der Waals surface area contributed by atoms with Crippen LogP contribution in [-0.2, 0) is 13.0 Å². The number of carbonyl (C=O) groups is 1. The predicted octanol–water partition coefficient (Wildman–Crippen LogP) is 5.14. The number of amides is 1. The number of nitrogens with zero attached hydrogens (tertiary/aromatic N) is 2. The highest BCUT2D eigenvalue weighted by atomic mass is 127. The molecule has 3 rings (SSSR count). The molecule has 0 aliphatic carbocycles. The number of rotatable bonds is 4. The van der Waals surface area contributed by atoms with Crippen molar-refractivity contribution in [1.29, 1.82) is 0 Å². The van der Waals surface area contributed by atoms with E-state index in [1.165, 1.54) is 16.1 Å². The first-order chi connectivity index (χ1) is 12.2. The maximum Gasteiger partial charge on any atom is 0.280 e. The normalized spacial score (nSPS) is 11.7. The van der Waals surface area contributed by atoms with E-state index in [2.05, 4.69) is 58.1 Å². The molecule has 0 saturated heterocycles. The van der Waals surface area contributed by atoms with E-state index >= 15 is 0 Å². The number of thiazole rings is 1. The lowest BCUT2D eigenvalue weighted by molar-refractivity contribution is 0.0997. The summed E-state index contributed by atoms with van der Waals surface area (Å²) in [5.74, 6) is -0.185. The Hall–Kier alpha value is -1.73. The molecule has 25 heavy (non-hydrogen) atoms. The molecule has 0 bridgehead atoms. The summed E-state index contributed by atoms with van der Waals surface area (Å²) in [5.41, 5.74) is 2.99. The molecule has 1 heterocycles. The highest BCUT2D eigenvalue weighted by Crippen LogP contribution is 2.26. The molecule has 0 fully saturated rings. The summed E-state index contributed by atoms with van der Waals surface area (Å²) in [6.07, 6.45) is 0.918. The van der Waals surface area contributed by atoms with Gasteiger partial charge in [-0.2, -0.15) is 4.99 Å². The van der Waals surface area contributed by atoms with Gasteiger partial charge in [0.25, 0.3) is 5.91 Å². The molecule has 0 spiro atoms. The van der Waals surface area contributed by atoms with Gasteiger partial charge in [-0.25, -0.2) is 0 Å². The molecule has 0 aliphatic heterocycles. The van der Waals surface area contributed by atoms with Crippen molar-refractivity contribution in [3.8, 4) is 11.3 Å². The number of benzene rings is 2. The Morgan fingerprint density at radius 1 is 1.08 bits per heavy atom. The fourth-order valence-corrected chi connectivity index (χ4v) is 4.54. The molecular weight excluding hydrogens is 443 g/mol. The van der Waals surface area contributed by atoms with Crippen LogP contribution in [0.4, 0.5) is 0 Å². The van der Waals surface area contributed by atoms with E-state index in [9.17, 15) is 4.79 Å². The van der Waals surface area contributed by atoms with Crippen LogP contribution in [0.25, 0.3) is 11.3 Å². The average molecular weight is 462 g/mol. The van der Waals surface area contributed by atoms with Crippen molar-refractivity contribution < 1.29 is 4.79 Å². The van der Waals surface area contributed by atoms with Gasteiger partial charge in [-0.3, -0.25) is 4.79 Å². The van der Waals surface area contributed by atoms with Crippen LogP contribution < -0.4 is 4.80 Å². The topological polar surface area (TPSA) is 34.4 Å². The zero-order valence-corrected chi connectivity index (χ0v) is 17.2. The molecule has 5 heteroatoms. The van der Waals surface area contributed by atoms with Gasteiger partial charge in [0.2, 0.25) is 0 Å². The van der Waals surface area contributed by atoms with Crippen molar-refractivity contribution in [2.24, 2.45) is 4.99 Å². The molecule has 3 nitrogen and oxygen atoms in total. The largest absolute Gasteiger partial charge is 0.316 e. The summed E-state index contributed by atoms with van der Waals surface area (Å²) < 4.78 is 3.07. The molecule has 3 aromatic rings. The number of carbonyl (C=O) groups excluding carboxylic acids is 1. The van der Waals surface area contributed by atoms with Crippen molar-refractivity contribution in [2.45, 2.75) is 26.8 Å². The summed E-state index contributed by atoms with van der Waals surface area (Å²) in [7, 11) is 0. The lowest BCUT2D eigenvalue weighted by atomic mass is 10.1. The number of hydrogen-bond donors (Lipinski definition) is 0. The minimum atomic E-state index is -0.185. The minimum Gasteiger partial charge on any atom is -0.316 e. The zero-order valence-electron chi connectivity index (χ0n) is 14.2. The number of aryl methyl sites for hydroxylation is 1. The molecule has 0 saturated carbocycles. The fourth-order valence-electron chi connectivity index (χ4n) is 2.77. The van der Waals surface area contributed by atoms with Crippen molar-refractivity contribution in [3.05, 3.63) is 73.4 Å². The lowest BCUT2D eigenvalue weighted by Gasteiger charge is -2.08. The molecule has 1 aromatic heterocycles. The van der Waals surface area contributed by atoms with E-state index in [0.29, 0.717) is 5.56 Å². The van der Waals surface area contributed by atoms with Crippen molar-refractivity contribution >= 4 is 39.8 Å². The van der Waals surface area contributed by atoms with Gasteiger partial charge in [0.1, 0.15) is 0 Å². The first-order valence-electron chi connectivity index (χ1n) is 8.27. The first-order valence-corrected chi connectivity index (χ1v) is 10.2. The van der Waals surface area contributed by atoms with E-state index in [1.807, 2.05) is 42.5 Å². The van der Waals surface area contributed by atoms with Crippen LogP contribution in [0.1, 0.15) is 29.1 Å². The molecule has 0 N–H and O–H groups in total. The summed E-state index contributed by atoms with van der Waals surface area (Å²) >= 11 is 3.79. The van der Waals surface area contributed by atoms with Crippen LogP contribution in [-0.4, -0.2) is 10.5 Å². The van der Waals surface area contributed by atoms with Crippen LogP contribution in [0.15, 0.2) is 59.6 Å². The second kappa shape index (κ2) is 8.10. The van der Waals surface area contributed by atoms with E-state index < -0.39 is 0 Å². The van der Waals surface area contributed by atoms with E-state index in [4.69, 9.17) is 0 Å². The zero-order chi connectivity index (χ0) is 17.8. The molecular formula is C20H19IN2OS. The average Bonchev–Trinajstić information content (AvgIpc) is 3.00. The van der Waals surface area contributed by atoms with E-state index in [-0.39, 0.29) is 5.91 Å². The maximum absolute atomic E-state index is 12.7. The summed E-state index contributed by atoms with van der Waals surface area (Å²) in [4.78, 5) is 19.1. The third-order valence-electron chi connectivity index (χ3n) is 3.97. The Morgan fingerprint density at radius 2 is 1.76 bits per heavy atom. The second-order valence-corrected chi connectivity index (χ2v) is 7.74. The Kier molecular flexibility index (Phi) is 5.86. The van der Waals surface area contributed by atoms with Crippen LogP contribution in [0.5, 0.6) is 0 Å². The third kappa shape index (κ3) is 3.77. The summed E-state index contributed by atoms with van der Waals surface area (Å²) in [6, 6.07) is 17.9. The molecule has 0 atom stereocenters. The fraction of sp³-hybridized carbons (Fsp3) is 0.200. The standard InChI is InChI=1S/C20H19IN2OS/c1-3-17-18(14-10-6-5-7-11-14)23(4-2)20(25-17)22-19(24)15-12-8-9-13-16(15)21/h5-13H,3-4H2,1-2H3. The van der Waals surface area contributed by atoms with Crippen LogP contribution >= 0.6 is 33.9 Å². The minimum absolute atomic E-state index is 0.185. The Bertz CT molecular complexity index is 957. The lowest BCUT2D eigenvalue weighted by Crippen LogP contribution is -2.17. The van der Waals surface area contributed by atoms with Crippen LogP contribution in [0.2, 0.25) is 0 Å². The molecule has 128 valence electrons. The highest BCUT2D eigenvalue weighted by molar-refractivity contribution is 14.1. The molecule has 1 amide bonds. The Labute approximate surface area is 165 Å². The molecule has 0 unspecified atom stereocenters. The van der Waals surface area contributed by atoms with Gasteiger partial charge < -0.3 is 4.57 Å². The van der Waals surface area contributed by atoms with Crippen molar-refractivity contribution in [3.63, 3.8) is 0 Å². The number of halogens is 1. The van der Waals surface area contributed by atoms with Gasteiger partial charge in [0, 0.05) is 15.0 Å². The van der Waals surface area contributed by atoms with Crippen molar-refractivity contribution in [1.82, 2.24) is 4.57 Å². The monoisotopic (exact) mass is 462 g/mol. The van der Waals surface area contributed by atoms with E-state index in [0.717, 1.165) is 21.3 Å². The quantitative estimate of drug-likeness (QED) is 0.495. The molecule has 2 aromatic carbocycles. The Morgan fingerprint density at radius 3 is 2.40 bits per heavy atom. The molecule has 0 radical (unpaired) electrons. The highest BCUT2D eigenvalue weighted by Gasteiger charge is 2.15. The van der Waals surface area contributed by atoms with Gasteiger partial charge in [-0.05, 0) is 53.6 Å². The van der Waals surface area contributed by atoms with Crippen LogP contribution in [0, 0.1) is 3.57 Å². The third-order valence-corrected chi connectivity index (χ3v) is 6.13. The first kappa shape index (κ1) is 18.1. The maximum atomic E-state index is 12.7. The van der Waals surface area contributed by atoms with E-state index in [1.54, 1.807) is 11.3 Å². The van der Waals surface area contributed by atoms with Gasteiger partial charge in [-0.15, -0.1) is 11.3 Å². The molecule has 0 aliphatic rings. The predicted molar refractivity (Wildman–Crippen MR) is 112 cm³/mol. The second-order valence-electron chi connectivity index (χ2n) is 5.52. The van der Waals surface area contributed by atoms with Gasteiger partial charge >= 0.3 is 0 Å². The summed E-state index contributed by atoms with van der Waals surface area (Å²) in [5, 5.41) is 0. The smallest absolute Gasteiger partial charge is 0.280 e. The number of hydrogen-bond acceptors (Lipinski definition) is 2. The van der Waals surface area contributed by atoms with Gasteiger partial charge in [-0.1, -0.05) is 49.4 Å². The summed E-state index contributed by atoms with van der Waals surface area (Å²) in [6.45, 7) is 5.01. The van der Waals surface area contributed by atoms with Crippen molar-refractivity contribution in [2.75, 3.05) is 0 Å². The van der Waals surface area contributed by atoms with Crippen LogP contribution in [0.3, 0.4) is 0 Å². The SMILES string of the molecule is CCc1sc(=NC(=O)c2ccccc2I)n(CC)c1-c1ccccc1. The number of aromatic nitrogens is 1. The van der Waals surface area contributed by atoms with Gasteiger partial charge in [0.05, 0.1) is 11.3 Å².